The SMILES string of the molecule is CC(C)n1ncc(C2CC2)c1C(C)(C)C. The first-order chi connectivity index (χ1) is 6.91. The van der Waals surface area contributed by atoms with Crippen LogP contribution in [0.1, 0.15) is 70.7 Å². The summed E-state index contributed by atoms with van der Waals surface area (Å²) in [5, 5.41) is 4.56. The molecule has 1 aliphatic rings. The average molecular weight is 206 g/mol. The van der Waals surface area contributed by atoms with E-state index in [4.69, 9.17) is 0 Å². The van der Waals surface area contributed by atoms with Gasteiger partial charge in [-0.3, -0.25) is 4.68 Å². The molecule has 0 bridgehead atoms. The van der Waals surface area contributed by atoms with Crippen LogP contribution in [0.15, 0.2) is 6.20 Å². The first kappa shape index (κ1) is 10.7. The molecule has 0 unspecified atom stereocenters. The van der Waals surface area contributed by atoms with Crippen molar-refractivity contribution in [3.05, 3.63) is 17.5 Å². The third-order valence-electron chi connectivity index (χ3n) is 3.04. The Balaban J connectivity index is 2.48. The Labute approximate surface area is 92.7 Å². The van der Waals surface area contributed by atoms with Gasteiger partial charge in [0.1, 0.15) is 0 Å². The molecule has 0 N–H and O–H groups in total. The maximum absolute atomic E-state index is 4.56. The molecule has 1 aliphatic carbocycles. The smallest absolute Gasteiger partial charge is 0.0527 e. The summed E-state index contributed by atoms with van der Waals surface area (Å²) in [6, 6.07) is 0.465. The van der Waals surface area contributed by atoms with Crippen LogP contribution in [-0.2, 0) is 5.41 Å². The Morgan fingerprint density at radius 1 is 1.33 bits per heavy atom. The molecule has 2 rings (SSSR count). The summed E-state index contributed by atoms with van der Waals surface area (Å²) >= 11 is 0. The lowest BCUT2D eigenvalue weighted by atomic mass is 9.87. The van der Waals surface area contributed by atoms with Gasteiger partial charge in [0, 0.05) is 17.2 Å². The second-order valence-electron chi connectivity index (χ2n) is 6.01. The van der Waals surface area contributed by atoms with Crippen molar-refractivity contribution < 1.29 is 0 Å². The third-order valence-corrected chi connectivity index (χ3v) is 3.04. The lowest BCUT2D eigenvalue weighted by Crippen LogP contribution is -2.21. The number of rotatable bonds is 2. The van der Waals surface area contributed by atoms with Crippen molar-refractivity contribution in [3.8, 4) is 0 Å². The molecule has 2 heteroatoms. The summed E-state index contributed by atoms with van der Waals surface area (Å²) in [6.45, 7) is 11.3. The highest BCUT2D eigenvalue weighted by Gasteiger charge is 2.33. The first-order valence-corrected chi connectivity index (χ1v) is 5.99. The molecule has 0 spiro atoms. The molecular weight excluding hydrogens is 184 g/mol. The molecule has 1 heterocycles. The fourth-order valence-electron chi connectivity index (χ4n) is 2.24. The Hall–Kier alpha value is -0.790. The Bertz CT molecular complexity index is 332. The molecule has 0 aliphatic heterocycles. The van der Waals surface area contributed by atoms with E-state index in [1.165, 1.54) is 24.1 Å². The van der Waals surface area contributed by atoms with Crippen molar-refractivity contribution in [3.63, 3.8) is 0 Å². The van der Waals surface area contributed by atoms with Gasteiger partial charge in [0.25, 0.3) is 0 Å². The zero-order chi connectivity index (χ0) is 11.2. The Kier molecular flexibility index (Phi) is 2.40. The van der Waals surface area contributed by atoms with Crippen molar-refractivity contribution in [1.29, 1.82) is 0 Å². The third kappa shape index (κ3) is 1.95. The largest absolute Gasteiger partial charge is 0.266 e. The Morgan fingerprint density at radius 3 is 2.33 bits per heavy atom. The van der Waals surface area contributed by atoms with Crippen molar-refractivity contribution in [1.82, 2.24) is 9.78 Å². The van der Waals surface area contributed by atoms with Crippen LogP contribution in [0.3, 0.4) is 0 Å². The summed E-state index contributed by atoms with van der Waals surface area (Å²) in [6.07, 6.45) is 4.80. The van der Waals surface area contributed by atoms with E-state index in [1.54, 1.807) is 0 Å². The van der Waals surface area contributed by atoms with Gasteiger partial charge in [-0.25, -0.2) is 0 Å². The summed E-state index contributed by atoms with van der Waals surface area (Å²) in [5.41, 5.74) is 3.15. The van der Waals surface area contributed by atoms with Gasteiger partial charge in [0.05, 0.1) is 6.20 Å². The second kappa shape index (κ2) is 3.36. The van der Waals surface area contributed by atoms with Crippen LogP contribution in [0.5, 0.6) is 0 Å². The number of hydrogen-bond acceptors (Lipinski definition) is 1. The van der Waals surface area contributed by atoms with Crippen molar-refractivity contribution in [2.24, 2.45) is 0 Å². The van der Waals surface area contributed by atoms with Crippen LogP contribution >= 0.6 is 0 Å². The molecule has 0 saturated heterocycles. The normalized spacial score (nSPS) is 17.5. The highest BCUT2D eigenvalue weighted by atomic mass is 15.3. The standard InChI is InChI=1S/C13H22N2/c1-9(2)15-12(13(3,4)5)11(8-14-15)10-6-7-10/h8-10H,6-7H2,1-5H3. The molecule has 2 nitrogen and oxygen atoms in total. The molecule has 1 aromatic heterocycles. The maximum Gasteiger partial charge on any atom is 0.0527 e. The molecule has 1 saturated carbocycles. The van der Waals surface area contributed by atoms with Crippen molar-refractivity contribution >= 4 is 0 Å². The minimum Gasteiger partial charge on any atom is -0.266 e. The lowest BCUT2D eigenvalue weighted by molar-refractivity contribution is 0.443. The molecule has 0 atom stereocenters. The molecule has 15 heavy (non-hydrogen) atoms. The minimum atomic E-state index is 0.207. The molecular formula is C13H22N2. The zero-order valence-electron chi connectivity index (χ0n) is 10.5. The number of hydrogen-bond donors (Lipinski definition) is 0. The second-order valence-corrected chi connectivity index (χ2v) is 6.01. The first-order valence-electron chi connectivity index (χ1n) is 5.99. The summed E-state index contributed by atoms with van der Waals surface area (Å²) < 4.78 is 2.20. The van der Waals surface area contributed by atoms with Gasteiger partial charge in [-0.15, -0.1) is 0 Å². The highest BCUT2D eigenvalue weighted by molar-refractivity contribution is 5.31. The van der Waals surface area contributed by atoms with Crippen molar-refractivity contribution in [2.45, 2.75) is 64.8 Å². The van der Waals surface area contributed by atoms with Gasteiger partial charge < -0.3 is 0 Å². The number of aromatic nitrogens is 2. The maximum atomic E-state index is 4.56. The van der Waals surface area contributed by atoms with Crippen LogP contribution in [0.2, 0.25) is 0 Å². The van der Waals surface area contributed by atoms with Gasteiger partial charge in [0.15, 0.2) is 0 Å². The Morgan fingerprint density at radius 2 is 1.93 bits per heavy atom. The molecule has 0 radical (unpaired) electrons. The van der Waals surface area contributed by atoms with E-state index in [0.717, 1.165) is 5.92 Å². The summed E-state index contributed by atoms with van der Waals surface area (Å²) in [5.74, 6) is 0.798. The van der Waals surface area contributed by atoms with Gasteiger partial charge in [0.2, 0.25) is 0 Å². The molecule has 0 aromatic carbocycles. The monoisotopic (exact) mass is 206 g/mol. The van der Waals surface area contributed by atoms with E-state index >= 15 is 0 Å². The molecule has 1 fully saturated rings. The van der Waals surface area contributed by atoms with E-state index in [2.05, 4.69) is 50.6 Å². The molecule has 0 amide bonds. The zero-order valence-corrected chi connectivity index (χ0v) is 10.5. The van der Waals surface area contributed by atoms with Crippen LogP contribution in [0, 0.1) is 0 Å². The van der Waals surface area contributed by atoms with E-state index in [-0.39, 0.29) is 5.41 Å². The predicted octanol–water partition coefficient (Wildman–Crippen LogP) is 3.64. The van der Waals surface area contributed by atoms with Crippen molar-refractivity contribution in [2.75, 3.05) is 0 Å². The average Bonchev–Trinajstić information content (AvgIpc) is 2.81. The van der Waals surface area contributed by atoms with Gasteiger partial charge in [-0.1, -0.05) is 20.8 Å². The van der Waals surface area contributed by atoms with E-state index < -0.39 is 0 Å². The summed E-state index contributed by atoms with van der Waals surface area (Å²) in [4.78, 5) is 0. The van der Waals surface area contributed by atoms with Gasteiger partial charge in [-0.05, 0) is 38.2 Å². The fraction of sp³-hybridized carbons (Fsp3) is 0.769. The topological polar surface area (TPSA) is 17.8 Å². The van der Waals surface area contributed by atoms with E-state index in [1.807, 2.05) is 0 Å². The van der Waals surface area contributed by atoms with Crippen LogP contribution in [0.25, 0.3) is 0 Å². The molecule has 1 aromatic rings. The van der Waals surface area contributed by atoms with Crippen LogP contribution < -0.4 is 0 Å². The highest BCUT2D eigenvalue weighted by Crippen LogP contribution is 2.44. The number of nitrogens with zero attached hydrogens (tertiary/aromatic N) is 2. The quantitative estimate of drug-likeness (QED) is 0.722. The molecule has 84 valence electrons. The van der Waals surface area contributed by atoms with E-state index in [9.17, 15) is 0 Å². The summed E-state index contributed by atoms with van der Waals surface area (Å²) in [7, 11) is 0. The van der Waals surface area contributed by atoms with E-state index in [0.29, 0.717) is 6.04 Å². The fourth-order valence-corrected chi connectivity index (χ4v) is 2.24. The predicted molar refractivity (Wildman–Crippen MR) is 63.3 cm³/mol. The minimum absolute atomic E-state index is 0.207. The van der Waals surface area contributed by atoms with Gasteiger partial charge in [-0.2, -0.15) is 5.10 Å². The van der Waals surface area contributed by atoms with Crippen LogP contribution in [-0.4, -0.2) is 9.78 Å². The van der Waals surface area contributed by atoms with Crippen LogP contribution in [0.4, 0.5) is 0 Å². The van der Waals surface area contributed by atoms with Gasteiger partial charge >= 0.3 is 0 Å². The lowest BCUT2D eigenvalue weighted by Gasteiger charge is -2.24.